The number of amides is 1. The Morgan fingerprint density at radius 3 is 2.45 bits per heavy atom. The van der Waals surface area contributed by atoms with Crippen molar-refractivity contribution in [2.45, 2.75) is 0 Å². The molecule has 0 aliphatic rings. The zero-order chi connectivity index (χ0) is 20.4. The number of nitrogens with one attached hydrogen (secondary N) is 1. The Morgan fingerprint density at radius 2 is 1.76 bits per heavy atom. The van der Waals surface area contributed by atoms with Gasteiger partial charge in [0.25, 0.3) is 0 Å². The highest BCUT2D eigenvalue weighted by atomic mass is 79.9. The predicted molar refractivity (Wildman–Crippen MR) is 117 cm³/mol. The Morgan fingerprint density at radius 1 is 1.10 bits per heavy atom. The van der Waals surface area contributed by atoms with Crippen LogP contribution in [-0.4, -0.2) is 26.6 Å². The number of nitrogens with zero attached hydrogens (tertiary/aromatic N) is 3. The van der Waals surface area contributed by atoms with Gasteiger partial charge in [-0.25, -0.2) is 9.37 Å². The molecule has 0 fully saturated rings. The molecule has 9 heteroatoms. The number of alkyl halides is 1. The van der Waals surface area contributed by atoms with E-state index in [2.05, 4.69) is 31.3 Å². The molecule has 1 amide bonds. The van der Waals surface area contributed by atoms with Gasteiger partial charge in [0.1, 0.15) is 17.5 Å². The van der Waals surface area contributed by atoms with Gasteiger partial charge in [-0.05, 0) is 36.4 Å². The number of thiazole rings is 1. The van der Waals surface area contributed by atoms with E-state index in [0.717, 1.165) is 21.3 Å². The summed E-state index contributed by atoms with van der Waals surface area (Å²) in [6.45, 7) is 0. The standard InChI is InChI=1S/C20H13BrClFN4OS/c21-14-5-1-13(2-6-14)17-11-29-20(24-17)27-18(25-19(28)10-22)9-16(26-27)12-3-7-15(23)8-4-12/h1-9,11H,10H2,(H,25,28). The summed E-state index contributed by atoms with van der Waals surface area (Å²) in [4.78, 5) is 16.5. The number of aromatic nitrogens is 3. The highest BCUT2D eigenvalue weighted by Crippen LogP contribution is 2.29. The summed E-state index contributed by atoms with van der Waals surface area (Å²) in [5.41, 5.74) is 3.06. The van der Waals surface area contributed by atoms with Crippen LogP contribution in [-0.2, 0) is 4.79 Å². The Balaban J connectivity index is 1.74. The Kier molecular flexibility index (Phi) is 5.75. The van der Waals surface area contributed by atoms with E-state index < -0.39 is 0 Å². The number of halogens is 3. The van der Waals surface area contributed by atoms with Crippen molar-refractivity contribution in [3.8, 4) is 27.6 Å². The van der Waals surface area contributed by atoms with Gasteiger partial charge in [0.2, 0.25) is 11.0 Å². The molecule has 5 nitrogen and oxygen atoms in total. The maximum atomic E-state index is 13.3. The van der Waals surface area contributed by atoms with Crippen LogP contribution in [0.3, 0.4) is 0 Å². The highest BCUT2D eigenvalue weighted by molar-refractivity contribution is 9.10. The molecular formula is C20H13BrClFN4OS. The molecule has 0 unspecified atom stereocenters. The summed E-state index contributed by atoms with van der Waals surface area (Å²) in [6, 6.07) is 15.5. The molecule has 29 heavy (non-hydrogen) atoms. The van der Waals surface area contributed by atoms with Gasteiger partial charge in [0.05, 0.1) is 11.4 Å². The molecule has 2 aromatic heterocycles. The van der Waals surface area contributed by atoms with Crippen molar-refractivity contribution in [2.75, 3.05) is 11.2 Å². The molecule has 0 bridgehead atoms. The summed E-state index contributed by atoms with van der Waals surface area (Å²) in [5.74, 6) is -0.434. The van der Waals surface area contributed by atoms with Crippen molar-refractivity contribution in [3.63, 3.8) is 0 Å². The van der Waals surface area contributed by atoms with E-state index in [4.69, 9.17) is 11.6 Å². The second-order valence-corrected chi connectivity index (χ2v) is 8.06. The zero-order valence-electron chi connectivity index (χ0n) is 14.8. The van der Waals surface area contributed by atoms with E-state index in [1.165, 1.54) is 23.5 Å². The third kappa shape index (κ3) is 4.39. The van der Waals surface area contributed by atoms with Gasteiger partial charge >= 0.3 is 0 Å². The van der Waals surface area contributed by atoms with E-state index >= 15 is 0 Å². The Hall–Kier alpha value is -2.55. The number of hydrogen-bond donors (Lipinski definition) is 1. The fourth-order valence-corrected chi connectivity index (χ4v) is 3.80. The minimum Gasteiger partial charge on any atom is -0.309 e. The summed E-state index contributed by atoms with van der Waals surface area (Å²) >= 11 is 10.5. The molecule has 0 spiro atoms. The first-order valence-corrected chi connectivity index (χ1v) is 10.7. The SMILES string of the molecule is O=C(CCl)Nc1cc(-c2ccc(F)cc2)nn1-c1nc(-c2ccc(Br)cc2)cs1. The summed E-state index contributed by atoms with van der Waals surface area (Å²) < 4.78 is 15.8. The molecule has 0 aliphatic carbocycles. The van der Waals surface area contributed by atoms with Gasteiger partial charge < -0.3 is 5.32 Å². The molecule has 2 heterocycles. The van der Waals surface area contributed by atoms with Crippen LogP contribution in [0.2, 0.25) is 0 Å². The highest BCUT2D eigenvalue weighted by Gasteiger charge is 2.16. The summed E-state index contributed by atoms with van der Waals surface area (Å²) in [6.07, 6.45) is 0. The van der Waals surface area contributed by atoms with E-state index in [1.54, 1.807) is 22.9 Å². The molecule has 0 aliphatic heterocycles. The van der Waals surface area contributed by atoms with Crippen molar-refractivity contribution >= 4 is 50.6 Å². The second-order valence-electron chi connectivity index (χ2n) is 6.04. The predicted octanol–water partition coefficient (Wildman–Crippen LogP) is 5.74. The van der Waals surface area contributed by atoms with Gasteiger partial charge in [-0.15, -0.1) is 22.9 Å². The first-order valence-electron chi connectivity index (χ1n) is 8.47. The molecule has 4 rings (SSSR count). The van der Waals surface area contributed by atoms with Crippen LogP contribution in [0.15, 0.2) is 64.5 Å². The second kappa shape index (κ2) is 8.44. The van der Waals surface area contributed by atoms with E-state index in [0.29, 0.717) is 16.6 Å². The lowest BCUT2D eigenvalue weighted by Crippen LogP contribution is -2.15. The number of hydrogen-bond acceptors (Lipinski definition) is 4. The van der Waals surface area contributed by atoms with Gasteiger partial charge in [-0.3, -0.25) is 4.79 Å². The fraction of sp³-hybridized carbons (Fsp3) is 0.0500. The summed E-state index contributed by atoms with van der Waals surface area (Å²) in [7, 11) is 0. The molecule has 4 aromatic rings. The van der Waals surface area contributed by atoms with Crippen LogP contribution in [0.25, 0.3) is 27.6 Å². The quantitative estimate of drug-likeness (QED) is 0.362. The average molecular weight is 492 g/mol. The van der Waals surface area contributed by atoms with Crippen molar-refractivity contribution in [1.82, 2.24) is 14.8 Å². The van der Waals surface area contributed by atoms with Gasteiger partial charge in [-0.2, -0.15) is 9.78 Å². The van der Waals surface area contributed by atoms with E-state index in [9.17, 15) is 9.18 Å². The molecule has 0 saturated carbocycles. The Bertz CT molecular complexity index is 1160. The number of carbonyl (C=O) groups is 1. The zero-order valence-corrected chi connectivity index (χ0v) is 17.9. The van der Waals surface area contributed by atoms with Crippen molar-refractivity contribution in [3.05, 3.63) is 70.3 Å². The lowest BCUT2D eigenvalue weighted by Gasteiger charge is -2.04. The van der Waals surface area contributed by atoms with Crippen molar-refractivity contribution in [1.29, 1.82) is 0 Å². The van der Waals surface area contributed by atoms with Crippen LogP contribution in [0.4, 0.5) is 10.2 Å². The average Bonchev–Trinajstić information content (AvgIpc) is 3.36. The van der Waals surface area contributed by atoms with E-state index in [1.807, 2.05) is 29.6 Å². The van der Waals surface area contributed by atoms with Crippen LogP contribution in [0, 0.1) is 5.82 Å². The minimum absolute atomic E-state index is 0.181. The fourth-order valence-electron chi connectivity index (χ4n) is 2.67. The van der Waals surface area contributed by atoms with Gasteiger partial charge in [0.15, 0.2) is 0 Å². The third-order valence-corrected chi connectivity index (χ3v) is 5.64. The number of anilines is 1. The third-order valence-electron chi connectivity index (χ3n) is 4.05. The van der Waals surface area contributed by atoms with Crippen LogP contribution in [0.1, 0.15) is 0 Å². The molecule has 1 N–H and O–H groups in total. The van der Waals surface area contributed by atoms with Gasteiger partial charge in [0, 0.05) is 27.0 Å². The lowest BCUT2D eigenvalue weighted by atomic mass is 10.1. The topological polar surface area (TPSA) is 59.8 Å². The van der Waals surface area contributed by atoms with Gasteiger partial charge in [-0.1, -0.05) is 28.1 Å². The Labute approximate surface area is 183 Å². The normalized spacial score (nSPS) is 10.9. The monoisotopic (exact) mass is 490 g/mol. The van der Waals surface area contributed by atoms with Crippen LogP contribution < -0.4 is 5.32 Å². The molecule has 2 aromatic carbocycles. The van der Waals surface area contributed by atoms with Crippen LogP contribution >= 0.6 is 38.9 Å². The first kappa shape index (κ1) is 19.8. The molecular weight excluding hydrogens is 479 g/mol. The largest absolute Gasteiger partial charge is 0.309 e. The molecule has 146 valence electrons. The molecule has 0 radical (unpaired) electrons. The maximum absolute atomic E-state index is 13.3. The number of carbonyl (C=O) groups excluding carboxylic acids is 1. The minimum atomic E-state index is -0.358. The van der Waals surface area contributed by atoms with Crippen molar-refractivity contribution < 1.29 is 9.18 Å². The van der Waals surface area contributed by atoms with Crippen LogP contribution in [0.5, 0.6) is 0 Å². The van der Waals surface area contributed by atoms with E-state index in [-0.39, 0.29) is 17.6 Å². The maximum Gasteiger partial charge on any atom is 0.240 e. The number of rotatable bonds is 5. The number of benzene rings is 2. The molecule has 0 atom stereocenters. The lowest BCUT2D eigenvalue weighted by molar-refractivity contribution is -0.114. The van der Waals surface area contributed by atoms with Crippen molar-refractivity contribution in [2.24, 2.45) is 0 Å². The smallest absolute Gasteiger partial charge is 0.240 e. The summed E-state index contributed by atoms with van der Waals surface area (Å²) in [5, 5.41) is 9.80. The first-order chi connectivity index (χ1) is 14.0. The molecule has 0 saturated heterocycles.